The third kappa shape index (κ3) is 2.10. The van der Waals surface area contributed by atoms with Crippen LogP contribution in [0.25, 0.3) is 0 Å². The minimum absolute atomic E-state index is 0.395. The van der Waals surface area contributed by atoms with Gasteiger partial charge in [0.2, 0.25) is 0 Å². The lowest BCUT2D eigenvalue weighted by atomic mass is 10.1. The maximum atomic E-state index is 10.6. The monoisotopic (exact) mass is 183 g/mol. The van der Waals surface area contributed by atoms with Crippen LogP contribution in [0.4, 0.5) is 0 Å². The van der Waals surface area contributed by atoms with E-state index in [-0.39, 0.29) is 0 Å². The van der Waals surface area contributed by atoms with Crippen LogP contribution in [0, 0.1) is 6.92 Å². The molecule has 1 aromatic heterocycles. The summed E-state index contributed by atoms with van der Waals surface area (Å²) in [5.74, 6) is 0. The molecule has 64 valence electrons. The van der Waals surface area contributed by atoms with Crippen molar-refractivity contribution < 1.29 is 9.32 Å². The van der Waals surface area contributed by atoms with Crippen LogP contribution in [0.5, 0.6) is 0 Å². The van der Waals surface area contributed by atoms with Crippen LogP contribution in [-0.4, -0.2) is 11.3 Å². The SMILES string of the molecule is Cc1cc(C=O)c(COP)cn1. The second-order valence-electron chi connectivity index (χ2n) is 2.45. The Morgan fingerprint density at radius 2 is 2.50 bits per heavy atom. The Bertz CT molecular complexity index is 288. The van der Waals surface area contributed by atoms with E-state index in [4.69, 9.17) is 4.52 Å². The molecule has 0 saturated heterocycles. The van der Waals surface area contributed by atoms with Gasteiger partial charge in [0.15, 0.2) is 6.29 Å². The van der Waals surface area contributed by atoms with Gasteiger partial charge in [-0.25, -0.2) is 0 Å². The van der Waals surface area contributed by atoms with Gasteiger partial charge in [0.25, 0.3) is 0 Å². The lowest BCUT2D eigenvalue weighted by Gasteiger charge is -2.02. The van der Waals surface area contributed by atoms with Gasteiger partial charge < -0.3 is 4.52 Å². The Morgan fingerprint density at radius 3 is 3.08 bits per heavy atom. The van der Waals surface area contributed by atoms with Crippen LogP contribution in [0.1, 0.15) is 21.6 Å². The lowest BCUT2D eigenvalue weighted by Crippen LogP contribution is -1.95. The molecule has 0 aliphatic rings. The largest absolute Gasteiger partial charge is 0.361 e. The highest BCUT2D eigenvalue weighted by Gasteiger charge is 2.01. The molecule has 0 bridgehead atoms. The zero-order chi connectivity index (χ0) is 8.97. The molecule has 12 heavy (non-hydrogen) atoms. The normalized spacial score (nSPS) is 9.83. The van der Waals surface area contributed by atoms with Gasteiger partial charge in [0.1, 0.15) is 0 Å². The standard InChI is InChI=1S/C8H10NO2P/c1-6-2-7(4-10)8(3-9-6)5-11-12/h2-4H,5,12H2,1H3. The fourth-order valence-corrected chi connectivity index (χ4v) is 1.11. The Morgan fingerprint density at radius 1 is 1.75 bits per heavy atom. The molecule has 0 aliphatic heterocycles. The van der Waals surface area contributed by atoms with Crippen LogP contribution < -0.4 is 0 Å². The van der Waals surface area contributed by atoms with Crippen molar-refractivity contribution in [1.29, 1.82) is 0 Å². The topological polar surface area (TPSA) is 39.2 Å². The van der Waals surface area contributed by atoms with Gasteiger partial charge in [-0.15, -0.1) is 0 Å². The molecule has 0 aromatic carbocycles. The van der Waals surface area contributed by atoms with Crippen molar-refractivity contribution in [2.45, 2.75) is 13.5 Å². The van der Waals surface area contributed by atoms with E-state index in [0.717, 1.165) is 17.5 Å². The highest BCUT2D eigenvalue weighted by Crippen LogP contribution is 2.09. The Kier molecular flexibility index (Phi) is 3.32. The number of aldehydes is 1. The third-order valence-electron chi connectivity index (χ3n) is 1.53. The summed E-state index contributed by atoms with van der Waals surface area (Å²) in [7, 11) is 2.14. The van der Waals surface area contributed by atoms with E-state index in [0.29, 0.717) is 12.2 Å². The number of nitrogens with zero attached hydrogens (tertiary/aromatic N) is 1. The molecule has 1 heterocycles. The van der Waals surface area contributed by atoms with Gasteiger partial charge >= 0.3 is 0 Å². The molecule has 0 aliphatic carbocycles. The lowest BCUT2D eigenvalue weighted by molar-refractivity contribution is 0.112. The third-order valence-corrected chi connectivity index (χ3v) is 1.69. The number of hydrogen-bond acceptors (Lipinski definition) is 3. The second kappa shape index (κ2) is 4.29. The first kappa shape index (κ1) is 9.30. The molecular formula is C8H10NO2P. The Balaban J connectivity index is 3.02. The van der Waals surface area contributed by atoms with Crippen molar-refractivity contribution in [3.63, 3.8) is 0 Å². The molecule has 1 unspecified atom stereocenters. The van der Waals surface area contributed by atoms with E-state index in [1.165, 1.54) is 0 Å². The first-order valence-electron chi connectivity index (χ1n) is 3.50. The number of carbonyl (C=O) groups excluding carboxylic acids is 1. The van der Waals surface area contributed by atoms with Gasteiger partial charge in [0.05, 0.1) is 6.61 Å². The average Bonchev–Trinajstić information content (AvgIpc) is 2.08. The molecule has 0 radical (unpaired) electrons. The van der Waals surface area contributed by atoms with Crippen molar-refractivity contribution in [3.05, 3.63) is 29.1 Å². The first-order valence-corrected chi connectivity index (χ1v) is 3.97. The summed E-state index contributed by atoms with van der Waals surface area (Å²) in [5.41, 5.74) is 2.29. The summed E-state index contributed by atoms with van der Waals surface area (Å²) in [4.78, 5) is 14.6. The van der Waals surface area contributed by atoms with E-state index >= 15 is 0 Å². The van der Waals surface area contributed by atoms with Crippen LogP contribution in [-0.2, 0) is 11.1 Å². The number of pyridine rings is 1. The summed E-state index contributed by atoms with van der Waals surface area (Å²) in [6, 6.07) is 1.74. The van der Waals surface area contributed by atoms with Crippen molar-refractivity contribution in [2.24, 2.45) is 0 Å². The van der Waals surface area contributed by atoms with E-state index in [2.05, 4.69) is 14.5 Å². The molecule has 3 nitrogen and oxygen atoms in total. The summed E-state index contributed by atoms with van der Waals surface area (Å²) < 4.78 is 4.83. The van der Waals surface area contributed by atoms with Crippen molar-refractivity contribution in [1.82, 2.24) is 4.98 Å². The second-order valence-corrected chi connectivity index (χ2v) is 2.79. The zero-order valence-electron chi connectivity index (χ0n) is 6.78. The number of hydrogen-bond donors (Lipinski definition) is 0. The number of rotatable bonds is 3. The summed E-state index contributed by atoms with van der Waals surface area (Å²) in [5, 5.41) is 0. The summed E-state index contributed by atoms with van der Waals surface area (Å²) in [6.07, 6.45) is 2.47. The van der Waals surface area contributed by atoms with Crippen molar-refractivity contribution in [3.8, 4) is 0 Å². The maximum Gasteiger partial charge on any atom is 0.150 e. The molecule has 0 fully saturated rings. The molecule has 1 rings (SSSR count). The molecule has 0 spiro atoms. The van der Waals surface area contributed by atoms with Crippen LogP contribution >= 0.6 is 9.47 Å². The van der Waals surface area contributed by atoms with E-state index in [9.17, 15) is 4.79 Å². The fourth-order valence-electron chi connectivity index (χ4n) is 0.929. The highest BCUT2D eigenvalue weighted by molar-refractivity contribution is 7.09. The summed E-state index contributed by atoms with van der Waals surface area (Å²) in [6.45, 7) is 2.24. The average molecular weight is 183 g/mol. The molecule has 1 aromatic rings. The minimum atomic E-state index is 0.395. The summed E-state index contributed by atoms with van der Waals surface area (Å²) >= 11 is 0. The van der Waals surface area contributed by atoms with Gasteiger partial charge in [-0.1, -0.05) is 0 Å². The predicted molar refractivity (Wildman–Crippen MR) is 48.9 cm³/mol. The highest BCUT2D eigenvalue weighted by atomic mass is 31.0. The Hall–Kier alpha value is -0.790. The maximum absolute atomic E-state index is 10.6. The molecule has 0 saturated carbocycles. The molecule has 1 atom stereocenters. The van der Waals surface area contributed by atoms with Crippen molar-refractivity contribution >= 4 is 15.8 Å². The zero-order valence-corrected chi connectivity index (χ0v) is 7.93. The molecule has 0 amide bonds. The van der Waals surface area contributed by atoms with E-state index in [1.54, 1.807) is 12.3 Å². The predicted octanol–water partition coefficient (Wildman–Crippen LogP) is 1.51. The van der Waals surface area contributed by atoms with E-state index in [1.807, 2.05) is 6.92 Å². The van der Waals surface area contributed by atoms with Gasteiger partial charge in [-0.05, 0) is 13.0 Å². The van der Waals surface area contributed by atoms with Crippen LogP contribution in [0.3, 0.4) is 0 Å². The van der Waals surface area contributed by atoms with Crippen LogP contribution in [0.2, 0.25) is 0 Å². The van der Waals surface area contributed by atoms with Gasteiger partial charge in [-0.3, -0.25) is 9.78 Å². The smallest absolute Gasteiger partial charge is 0.150 e. The molecular weight excluding hydrogens is 173 g/mol. The quantitative estimate of drug-likeness (QED) is 0.526. The first-order chi connectivity index (χ1) is 5.77. The number of carbonyl (C=O) groups is 1. The minimum Gasteiger partial charge on any atom is -0.361 e. The number of aromatic nitrogens is 1. The van der Waals surface area contributed by atoms with Crippen LogP contribution in [0.15, 0.2) is 12.3 Å². The molecule has 4 heteroatoms. The van der Waals surface area contributed by atoms with Crippen molar-refractivity contribution in [2.75, 3.05) is 0 Å². The number of aryl methyl sites for hydroxylation is 1. The van der Waals surface area contributed by atoms with E-state index < -0.39 is 0 Å². The molecule has 0 N–H and O–H groups in total. The van der Waals surface area contributed by atoms with Gasteiger partial charge in [0, 0.05) is 32.5 Å². The fraction of sp³-hybridized carbons (Fsp3) is 0.250. The Labute approximate surface area is 73.4 Å². The van der Waals surface area contributed by atoms with Gasteiger partial charge in [-0.2, -0.15) is 0 Å².